The number of nitrogens with zero attached hydrogens (tertiary/aromatic N) is 2. The molecule has 0 atom stereocenters. The minimum atomic E-state index is -1.82. The van der Waals surface area contributed by atoms with Crippen LogP contribution in [0.2, 0.25) is 0 Å². The molecule has 1 amide bonds. The van der Waals surface area contributed by atoms with Gasteiger partial charge in [-0.3, -0.25) is 4.79 Å². The van der Waals surface area contributed by atoms with Crippen molar-refractivity contribution >= 4 is 17.8 Å². The molecular formula is C19H26N2O5. The van der Waals surface area contributed by atoms with Crippen LogP contribution < -0.4 is 0 Å². The van der Waals surface area contributed by atoms with Gasteiger partial charge in [0, 0.05) is 24.7 Å². The molecule has 142 valence electrons. The van der Waals surface area contributed by atoms with Crippen molar-refractivity contribution in [3.8, 4) is 0 Å². The lowest BCUT2D eigenvalue weighted by atomic mass is 9.99. The first-order valence-corrected chi connectivity index (χ1v) is 9.03. The number of carboxylic acids is 2. The largest absolute Gasteiger partial charge is 0.473 e. The maximum atomic E-state index is 12.4. The molecule has 26 heavy (non-hydrogen) atoms. The average molecular weight is 362 g/mol. The van der Waals surface area contributed by atoms with Crippen LogP contribution >= 0.6 is 0 Å². The number of piperidine rings is 2. The molecule has 2 aliphatic heterocycles. The third-order valence-electron chi connectivity index (χ3n) is 4.86. The molecule has 2 saturated heterocycles. The second-order valence-electron chi connectivity index (χ2n) is 6.60. The molecule has 2 heterocycles. The lowest BCUT2D eigenvalue weighted by Crippen LogP contribution is -2.48. The standard InChI is InChI=1S/C17H24N2O.C2H2O4/c20-17(15-7-3-1-4-8-15)19-13-9-16(10-14-19)18-11-5-2-6-12-18;3-1(4)2(5)6/h1,3-4,7-8,16H,2,5-6,9-14H2;(H,3,4)(H,5,6). The van der Waals surface area contributed by atoms with E-state index in [1.807, 2.05) is 35.2 Å². The van der Waals surface area contributed by atoms with E-state index in [-0.39, 0.29) is 5.91 Å². The van der Waals surface area contributed by atoms with Crippen molar-refractivity contribution in [1.29, 1.82) is 0 Å². The molecule has 0 saturated carbocycles. The van der Waals surface area contributed by atoms with Gasteiger partial charge in [-0.2, -0.15) is 0 Å². The molecule has 0 aromatic heterocycles. The number of carbonyl (C=O) groups is 3. The summed E-state index contributed by atoms with van der Waals surface area (Å²) in [6.07, 6.45) is 6.37. The summed E-state index contributed by atoms with van der Waals surface area (Å²) >= 11 is 0. The number of aliphatic carboxylic acids is 2. The van der Waals surface area contributed by atoms with Gasteiger partial charge in [0.2, 0.25) is 0 Å². The van der Waals surface area contributed by atoms with Crippen molar-refractivity contribution in [3.05, 3.63) is 35.9 Å². The van der Waals surface area contributed by atoms with Gasteiger partial charge in [0.25, 0.3) is 5.91 Å². The van der Waals surface area contributed by atoms with E-state index in [0.717, 1.165) is 31.5 Å². The van der Waals surface area contributed by atoms with Gasteiger partial charge >= 0.3 is 11.9 Å². The van der Waals surface area contributed by atoms with Crippen LogP contribution in [0.25, 0.3) is 0 Å². The van der Waals surface area contributed by atoms with E-state index in [0.29, 0.717) is 6.04 Å². The predicted molar refractivity (Wildman–Crippen MR) is 96.1 cm³/mol. The Morgan fingerprint density at radius 2 is 1.35 bits per heavy atom. The monoisotopic (exact) mass is 362 g/mol. The zero-order valence-corrected chi connectivity index (χ0v) is 14.8. The minimum Gasteiger partial charge on any atom is -0.473 e. The fourth-order valence-corrected chi connectivity index (χ4v) is 3.48. The van der Waals surface area contributed by atoms with Crippen LogP contribution in [0.15, 0.2) is 30.3 Å². The van der Waals surface area contributed by atoms with Gasteiger partial charge in [0.15, 0.2) is 0 Å². The Kier molecular flexibility index (Phi) is 7.59. The predicted octanol–water partition coefficient (Wildman–Crippen LogP) is 1.93. The highest BCUT2D eigenvalue weighted by molar-refractivity contribution is 6.27. The Hall–Kier alpha value is -2.41. The molecule has 3 rings (SSSR count). The van der Waals surface area contributed by atoms with Crippen molar-refractivity contribution in [2.45, 2.75) is 38.1 Å². The molecule has 2 fully saturated rings. The molecule has 0 radical (unpaired) electrons. The van der Waals surface area contributed by atoms with Crippen molar-refractivity contribution in [1.82, 2.24) is 9.80 Å². The van der Waals surface area contributed by atoms with Gasteiger partial charge in [-0.05, 0) is 50.9 Å². The molecule has 7 heteroatoms. The van der Waals surface area contributed by atoms with Crippen molar-refractivity contribution in [2.24, 2.45) is 0 Å². The second kappa shape index (κ2) is 9.91. The quantitative estimate of drug-likeness (QED) is 0.780. The van der Waals surface area contributed by atoms with Crippen molar-refractivity contribution in [3.63, 3.8) is 0 Å². The summed E-state index contributed by atoms with van der Waals surface area (Å²) in [5.41, 5.74) is 0.823. The van der Waals surface area contributed by atoms with Gasteiger partial charge in [0.1, 0.15) is 0 Å². The number of amides is 1. The molecule has 0 unspecified atom stereocenters. The Morgan fingerprint density at radius 3 is 1.85 bits per heavy atom. The Balaban J connectivity index is 0.000000352. The number of carbonyl (C=O) groups excluding carboxylic acids is 1. The highest BCUT2D eigenvalue weighted by atomic mass is 16.4. The van der Waals surface area contributed by atoms with Crippen LogP contribution in [0.3, 0.4) is 0 Å². The molecule has 2 aliphatic rings. The van der Waals surface area contributed by atoms with E-state index in [9.17, 15) is 4.79 Å². The van der Waals surface area contributed by atoms with Crippen LogP contribution in [0.4, 0.5) is 0 Å². The Morgan fingerprint density at radius 1 is 0.808 bits per heavy atom. The molecular weight excluding hydrogens is 336 g/mol. The summed E-state index contributed by atoms with van der Waals surface area (Å²) in [6.45, 7) is 4.35. The van der Waals surface area contributed by atoms with E-state index in [4.69, 9.17) is 19.8 Å². The number of likely N-dealkylation sites (tertiary alicyclic amines) is 2. The summed E-state index contributed by atoms with van der Waals surface area (Å²) in [5, 5.41) is 14.8. The summed E-state index contributed by atoms with van der Waals surface area (Å²) in [7, 11) is 0. The fourth-order valence-electron chi connectivity index (χ4n) is 3.48. The fraction of sp³-hybridized carbons (Fsp3) is 0.526. The molecule has 0 bridgehead atoms. The van der Waals surface area contributed by atoms with Crippen LogP contribution in [-0.2, 0) is 9.59 Å². The van der Waals surface area contributed by atoms with Gasteiger partial charge in [-0.15, -0.1) is 0 Å². The Labute approximate surface area is 153 Å². The summed E-state index contributed by atoms with van der Waals surface area (Å²) < 4.78 is 0. The van der Waals surface area contributed by atoms with Crippen molar-refractivity contribution < 1.29 is 24.6 Å². The smallest absolute Gasteiger partial charge is 0.414 e. The minimum absolute atomic E-state index is 0.197. The van der Waals surface area contributed by atoms with Gasteiger partial charge in [-0.1, -0.05) is 24.6 Å². The number of hydrogen-bond acceptors (Lipinski definition) is 4. The first kappa shape index (κ1) is 19.9. The summed E-state index contributed by atoms with van der Waals surface area (Å²) in [4.78, 5) is 35.3. The van der Waals surface area contributed by atoms with Gasteiger partial charge in [0.05, 0.1) is 0 Å². The maximum Gasteiger partial charge on any atom is 0.414 e. The van der Waals surface area contributed by atoms with Crippen LogP contribution in [0.5, 0.6) is 0 Å². The second-order valence-corrected chi connectivity index (χ2v) is 6.60. The maximum absolute atomic E-state index is 12.4. The topological polar surface area (TPSA) is 98.1 Å². The van der Waals surface area contributed by atoms with Crippen LogP contribution in [-0.4, -0.2) is 70.1 Å². The Bertz CT molecular complexity index is 594. The number of hydrogen-bond donors (Lipinski definition) is 2. The number of rotatable bonds is 2. The van der Waals surface area contributed by atoms with Crippen LogP contribution in [0.1, 0.15) is 42.5 Å². The van der Waals surface area contributed by atoms with Gasteiger partial charge < -0.3 is 20.0 Å². The van der Waals surface area contributed by atoms with Crippen LogP contribution in [0, 0.1) is 0 Å². The highest BCUT2D eigenvalue weighted by Crippen LogP contribution is 2.21. The lowest BCUT2D eigenvalue weighted by molar-refractivity contribution is -0.159. The molecule has 0 aliphatic carbocycles. The average Bonchev–Trinajstić information content (AvgIpc) is 2.69. The van der Waals surface area contributed by atoms with Gasteiger partial charge in [-0.25, -0.2) is 9.59 Å². The van der Waals surface area contributed by atoms with E-state index in [1.165, 1.54) is 32.4 Å². The number of benzene rings is 1. The zero-order valence-electron chi connectivity index (χ0n) is 14.8. The zero-order chi connectivity index (χ0) is 18.9. The first-order chi connectivity index (χ1) is 12.5. The third kappa shape index (κ3) is 5.84. The van der Waals surface area contributed by atoms with E-state index in [1.54, 1.807) is 0 Å². The van der Waals surface area contributed by atoms with E-state index >= 15 is 0 Å². The molecule has 7 nitrogen and oxygen atoms in total. The molecule has 0 spiro atoms. The van der Waals surface area contributed by atoms with Crippen molar-refractivity contribution in [2.75, 3.05) is 26.2 Å². The normalized spacial score (nSPS) is 18.5. The first-order valence-electron chi connectivity index (χ1n) is 9.03. The summed E-state index contributed by atoms with van der Waals surface area (Å²) in [6, 6.07) is 10.4. The number of carboxylic acid groups (broad SMARTS) is 2. The molecule has 1 aromatic rings. The summed E-state index contributed by atoms with van der Waals surface area (Å²) in [5.74, 6) is -3.45. The molecule has 1 aromatic carbocycles. The lowest BCUT2D eigenvalue weighted by Gasteiger charge is -2.40. The van der Waals surface area contributed by atoms with E-state index < -0.39 is 11.9 Å². The SMILES string of the molecule is O=C(O)C(=O)O.O=C(c1ccccc1)N1CCC(N2CCCCC2)CC1. The molecule has 2 N–H and O–H groups in total. The van der Waals surface area contributed by atoms with E-state index in [2.05, 4.69) is 4.90 Å². The third-order valence-corrected chi connectivity index (χ3v) is 4.86. The highest BCUT2D eigenvalue weighted by Gasteiger charge is 2.27.